The average molecular weight is 380 g/mol. The predicted molar refractivity (Wildman–Crippen MR) is 106 cm³/mol. The van der Waals surface area contributed by atoms with Gasteiger partial charge >= 0.3 is 0 Å². The molecule has 2 aromatic carbocycles. The van der Waals surface area contributed by atoms with Gasteiger partial charge in [0.2, 0.25) is 5.91 Å². The fourth-order valence-electron chi connectivity index (χ4n) is 2.71. The van der Waals surface area contributed by atoms with Crippen molar-refractivity contribution in [2.75, 3.05) is 26.2 Å². The van der Waals surface area contributed by atoms with Crippen LogP contribution in [0.1, 0.15) is 24.1 Å². The van der Waals surface area contributed by atoms with Crippen LogP contribution in [-0.2, 0) is 11.2 Å². The van der Waals surface area contributed by atoms with Crippen molar-refractivity contribution in [1.29, 1.82) is 0 Å². The van der Waals surface area contributed by atoms with Crippen molar-refractivity contribution < 1.29 is 9.18 Å². The first-order chi connectivity index (χ1) is 12.1. The topological polar surface area (TPSA) is 58.4 Å². The molecule has 0 saturated carbocycles. The second kappa shape index (κ2) is 11.6. The highest BCUT2D eigenvalue weighted by molar-refractivity contribution is 5.85. The number of carbonyl (C=O) groups is 1. The zero-order chi connectivity index (χ0) is 18.1. The minimum Gasteiger partial charge on any atom is -0.348 e. The van der Waals surface area contributed by atoms with E-state index in [4.69, 9.17) is 5.73 Å². The molecule has 0 spiro atoms. The number of nitrogens with two attached hydrogens (primary N) is 1. The maximum atomic E-state index is 13.0. The molecule has 0 saturated heterocycles. The van der Waals surface area contributed by atoms with E-state index in [2.05, 4.69) is 22.3 Å². The first-order valence-electron chi connectivity index (χ1n) is 8.59. The number of benzene rings is 2. The van der Waals surface area contributed by atoms with Crippen molar-refractivity contribution in [1.82, 2.24) is 10.2 Å². The third-order valence-corrected chi connectivity index (χ3v) is 4.12. The number of rotatable bonds is 9. The number of hydrogen-bond acceptors (Lipinski definition) is 3. The molecule has 26 heavy (non-hydrogen) atoms. The van der Waals surface area contributed by atoms with Gasteiger partial charge in [-0.2, -0.15) is 0 Å². The Bertz CT molecular complexity index is 652. The van der Waals surface area contributed by atoms with E-state index in [0.29, 0.717) is 19.6 Å². The molecule has 1 unspecified atom stereocenters. The number of carbonyl (C=O) groups excluding carboxylic acids is 1. The quantitative estimate of drug-likeness (QED) is 0.704. The monoisotopic (exact) mass is 379 g/mol. The van der Waals surface area contributed by atoms with Crippen LogP contribution in [0.25, 0.3) is 0 Å². The summed E-state index contributed by atoms with van der Waals surface area (Å²) >= 11 is 0. The van der Waals surface area contributed by atoms with Crippen LogP contribution in [-0.4, -0.2) is 37.0 Å². The maximum absolute atomic E-state index is 13.0. The molecule has 0 bridgehead atoms. The Morgan fingerprint density at radius 1 is 1.12 bits per heavy atom. The van der Waals surface area contributed by atoms with Gasteiger partial charge in [-0.3, -0.25) is 9.69 Å². The fraction of sp³-hybridized carbons (Fsp3) is 0.350. The van der Waals surface area contributed by atoms with E-state index in [9.17, 15) is 9.18 Å². The molecule has 0 aromatic heterocycles. The zero-order valence-electron chi connectivity index (χ0n) is 15.0. The molecule has 1 atom stereocenters. The summed E-state index contributed by atoms with van der Waals surface area (Å²) in [6.45, 7) is 4.15. The SMILES string of the molecule is CC(NC(=O)CN(CCN)CCc1ccccc1)c1ccc(F)cc1.Cl. The molecular formula is C20H27ClFN3O. The lowest BCUT2D eigenvalue weighted by Gasteiger charge is -2.22. The number of nitrogens with one attached hydrogen (secondary N) is 1. The van der Waals surface area contributed by atoms with E-state index in [1.54, 1.807) is 12.1 Å². The molecule has 2 rings (SSSR count). The van der Waals surface area contributed by atoms with Crippen molar-refractivity contribution in [3.63, 3.8) is 0 Å². The largest absolute Gasteiger partial charge is 0.348 e. The molecule has 4 nitrogen and oxygen atoms in total. The second-order valence-electron chi connectivity index (χ2n) is 6.14. The lowest BCUT2D eigenvalue weighted by molar-refractivity contribution is -0.122. The summed E-state index contributed by atoms with van der Waals surface area (Å²) in [7, 11) is 0. The lowest BCUT2D eigenvalue weighted by Crippen LogP contribution is -2.41. The summed E-state index contributed by atoms with van der Waals surface area (Å²) < 4.78 is 13.0. The summed E-state index contributed by atoms with van der Waals surface area (Å²) in [6, 6.07) is 16.2. The number of amides is 1. The lowest BCUT2D eigenvalue weighted by atomic mass is 10.1. The zero-order valence-corrected chi connectivity index (χ0v) is 15.8. The van der Waals surface area contributed by atoms with Crippen LogP contribution >= 0.6 is 12.4 Å². The fourth-order valence-corrected chi connectivity index (χ4v) is 2.71. The molecule has 0 heterocycles. The van der Waals surface area contributed by atoms with E-state index in [1.165, 1.54) is 17.7 Å². The first-order valence-corrected chi connectivity index (χ1v) is 8.59. The normalized spacial score (nSPS) is 11.7. The molecule has 0 radical (unpaired) electrons. The van der Waals surface area contributed by atoms with Crippen LogP contribution in [0.4, 0.5) is 4.39 Å². The van der Waals surface area contributed by atoms with Crippen LogP contribution in [0.3, 0.4) is 0 Å². The second-order valence-corrected chi connectivity index (χ2v) is 6.14. The van der Waals surface area contributed by atoms with E-state index in [0.717, 1.165) is 18.5 Å². The van der Waals surface area contributed by atoms with Gasteiger partial charge in [-0.15, -0.1) is 12.4 Å². The summed E-state index contributed by atoms with van der Waals surface area (Å²) in [5.41, 5.74) is 7.79. The van der Waals surface area contributed by atoms with Gasteiger partial charge in [0.1, 0.15) is 5.82 Å². The minimum atomic E-state index is -0.280. The number of halogens is 2. The standard InChI is InChI=1S/C20H26FN3O.ClH/c1-16(18-7-9-19(21)10-8-18)23-20(25)15-24(14-12-22)13-11-17-5-3-2-4-6-17;/h2-10,16H,11-15,22H2,1H3,(H,23,25);1H. The van der Waals surface area contributed by atoms with E-state index < -0.39 is 0 Å². The molecule has 1 amide bonds. The average Bonchev–Trinajstić information content (AvgIpc) is 2.61. The van der Waals surface area contributed by atoms with Gasteiger partial charge in [-0.1, -0.05) is 42.5 Å². The van der Waals surface area contributed by atoms with E-state index in [-0.39, 0.29) is 30.2 Å². The number of hydrogen-bond donors (Lipinski definition) is 2. The van der Waals surface area contributed by atoms with Gasteiger partial charge in [-0.05, 0) is 36.6 Å². The summed E-state index contributed by atoms with van der Waals surface area (Å²) in [5.74, 6) is -0.337. The molecule has 0 aliphatic heterocycles. The highest BCUT2D eigenvalue weighted by Crippen LogP contribution is 2.12. The Morgan fingerprint density at radius 3 is 2.38 bits per heavy atom. The molecule has 0 aliphatic rings. The van der Waals surface area contributed by atoms with Crippen molar-refractivity contribution in [3.05, 3.63) is 71.5 Å². The van der Waals surface area contributed by atoms with Gasteiger partial charge in [0.25, 0.3) is 0 Å². The van der Waals surface area contributed by atoms with Crippen molar-refractivity contribution in [2.45, 2.75) is 19.4 Å². The van der Waals surface area contributed by atoms with Crippen LogP contribution < -0.4 is 11.1 Å². The summed E-state index contributed by atoms with van der Waals surface area (Å²) in [5, 5.41) is 2.96. The third kappa shape index (κ3) is 7.52. The van der Waals surface area contributed by atoms with E-state index in [1.807, 2.05) is 25.1 Å². The highest BCUT2D eigenvalue weighted by Gasteiger charge is 2.13. The molecule has 6 heteroatoms. The van der Waals surface area contributed by atoms with E-state index >= 15 is 0 Å². The van der Waals surface area contributed by atoms with Crippen molar-refractivity contribution in [2.24, 2.45) is 5.73 Å². The van der Waals surface area contributed by atoms with Gasteiger partial charge in [0.05, 0.1) is 12.6 Å². The van der Waals surface area contributed by atoms with Crippen LogP contribution in [0.2, 0.25) is 0 Å². The Labute approximate surface area is 161 Å². The first kappa shape index (κ1) is 22.1. The van der Waals surface area contributed by atoms with Gasteiger partial charge in [0.15, 0.2) is 0 Å². The van der Waals surface area contributed by atoms with Gasteiger partial charge < -0.3 is 11.1 Å². The number of nitrogens with zero attached hydrogens (tertiary/aromatic N) is 1. The maximum Gasteiger partial charge on any atom is 0.234 e. The van der Waals surface area contributed by atoms with Crippen molar-refractivity contribution >= 4 is 18.3 Å². The minimum absolute atomic E-state index is 0. The van der Waals surface area contributed by atoms with Crippen LogP contribution in [0, 0.1) is 5.82 Å². The summed E-state index contributed by atoms with van der Waals surface area (Å²) in [4.78, 5) is 14.4. The van der Waals surface area contributed by atoms with Gasteiger partial charge in [-0.25, -0.2) is 4.39 Å². The van der Waals surface area contributed by atoms with Crippen LogP contribution in [0.15, 0.2) is 54.6 Å². The third-order valence-electron chi connectivity index (χ3n) is 4.12. The Kier molecular flexibility index (Phi) is 9.88. The molecule has 2 aromatic rings. The Balaban J connectivity index is 0.00000338. The molecule has 0 fully saturated rings. The van der Waals surface area contributed by atoms with Crippen LogP contribution in [0.5, 0.6) is 0 Å². The van der Waals surface area contributed by atoms with Crippen molar-refractivity contribution in [3.8, 4) is 0 Å². The molecule has 142 valence electrons. The smallest absolute Gasteiger partial charge is 0.234 e. The summed E-state index contributed by atoms with van der Waals surface area (Å²) in [6.07, 6.45) is 0.877. The molecular weight excluding hydrogens is 353 g/mol. The predicted octanol–water partition coefficient (Wildman–Crippen LogP) is 2.93. The molecule has 3 N–H and O–H groups in total. The Hall–Kier alpha value is -1.95. The highest BCUT2D eigenvalue weighted by atomic mass is 35.5. The molecule has 0 aliphatic carbocycles. The van der Waals surface area contributed by atoms with Gasteiger partial charge in [0, 0.05) is 19.6 Å². The Morgan fingerprint density at radius 2 is 1.77 bits per heavy atom.